The molecule has 4 rings (SSSR count). The molecule has 148 valence electrons. The molecule has 2 saturated heterocycles. The number of carbonyl (C=O) groups is 1. The van der Waals surface area contributed by atoms with Crippen molar-refractivity contribution in [3.8, 4) is 0 Å². The lowest BCUT2D eigenvalue weighted by Crippen LogP contribution is -2.42. The smallest absolute Gasteiger partial charge is 0.399 e. The number of hydrogen-bond acceptors (Lipinski definition) is 3. The summed E-state index contributed by atoms with van der Waals surface area (Å²) in [5.74, 6) is 0.134. The molecule has 2 heterocycles. The molecule has 2 aliphatic rings. The van der Waals surface area contributed by atoms with Crippen LogP contribution in [0.1, 0.15) is 64.2 Å². The highest BCUT2D eigenvalue weighted by molar-refractivity contribution is 6.65. The molecule has 0 spiro atoms. The minimum absolute atomic E-state index is 0.134. The van der Waals surface area contributed by atoms with E-state index in [9.17, 15) is 4.79 Å². The van der Waals surface area contributed by atoms with Crippen LogP contribution in [0.5, 0.6) is 0 Å². The monoisotopic (exact) mass is 379 g/mol. The van der Waals surface area contributed by atoms with E-state index in [1.165, 1.54) is 6.42 Å². The molecule has 1 amide bonds. The first-order valence-electron chi connectivity index (χ1n) is 10.4. The Bertz CT molecular complexity index is 892. The van der Waals surface area contributed by atoms with Crippen LogP contribution in [0.3, 0.4) is 0 Å². The highest BCUT2D eigenvalue weighted by Crippen LogP contribution is 2.37. The maximum absolute atomic E-state index is 13.0. The molecule has 0 aromatic heterocycles. The predicted molar refractivity (Wildman–Crippen MR) is 114 cm³/mol. The first-order valence-corrected chi connectivity index (χ1v) is 10.4. The van der Waals surface area contributed by atoms with Gasteiger partial charge >= 0.3 is 7.12 Å². The minimum atomic E-state index is -0.405. The Kier molecular flexibility index (Phi) is 4.79. The standard InChI is InChI=1S/C23H30BNO3/c1-16-9-6-7-14-25(16)21(26)18-12-13-19-17(15-18)10-8-11-20(19)24-27-22(2,3)23(4,5)28-24/h8,10-13,15-16H,6-7,9,14H2,1-5H3. The summed E-state index contributed by atoms with van der Waals surface area (Å²) in [6.07, 6.45) is 3.39. The van der Waals surface area contributed by atoms with Crippen LogP contribution < -0.4 is 5.46 Å². The Morgan fingerprint density at radius 1 is 1.07 bits per heavy atom. The van der Waals surface area contributed by atoms with Gasteiger partial charge in [-0.2, -0.15) is 0 Å². The largest absolute Gasteiger partial charge is 0.495 e. The molecule has 0 saturated carbocycles. The van der Waals surface area contributed by atoms with Gasteiger partial charge in [-0.05, 0) is 82.2 Å². The highest BCUT2D eigenvalue weighted by Gasteiger charge is 2.52. The summed E-state index contributed by atoms with van der Waals surface area (Å²) in [5, 5.41) is 2.12. The number of amides is 1. The van der Waals surface area contributed by atoms with Gasteiger partial charge in [-0.3, -0.25) is 4.79 Å². The average molecular weight is 379 g/mol. The second kappa shape index (κ2) is 6.89. The average Bonchev–Trinajstić information content (AvgIpc) is 2.88. The molecule has 2 aromatic rings. The molecule has 0 radical (unpaired) electrons. The summed E-state index contributed by atoms with van der Waals surface area (Å²) < 4.78 is 12.5. The maximum atomic E-state index is 13.0. The number of piperidine rings is 1. The van der Waals surface area contributed by atoms with Crippen molar-refractivity contribution in [3.05, 3.63) is 42.0 Å². The number of rotatable bonds is 2. The van der Waals surface area contributed by atoms with Gasteiger partial charge in [-0.25, -0.2) is 0 Å². The van der Waals surface area contributed by atoms with Crippen molar-refractivity contribution in [3.63, 3.8) is 0 Å². The zero-order valence-corrected chi connectivity index (χ0v) is 17.6. The van der Waals surface area contributed by atoms with Crippen LogP contribution in [0.4, 0.5) is 0 Å². The van der Waals surface area contributed by atoms with Gasteiger partial charge < -0.3 is 14.2 Å². The Labute approximate surface area is 168 Å². The fourth-order valence-corrected chi connectivity index (χ4v) is 4.18. The van der Waals surface area contributed by atoms with E-state index in [1.54, 1.807) is 0 Å². The van der Waals surface area contributed by atoms with Crippen LogP contribution >= 0.6 is 0 Å². The first kappa shape index (κ1) is 19.5. The van der Waals surface area contributed by atoms with Crippen molar-refractivity contribution < 1.29 is 14.1 Å². The van der Waals surface area contributed by atoms with Gasteiger partial charge in [0.2, 0.25) is 0 Å². The van der Waals surface area contributed by atoms with E-state index < -0.39 is 7.12 Å². The fourth-order valence-electron chi connectivity index (χ4n) is 4.18. The molecule has 1 atom stereocenters. The number of nitrogens with zero attached hydrogens (tertiary/aromatic N) is 1. The number of fused-ring (bicyclic) bond motifs is 1. The van der Waals surface area contributed by atoms with E-state index in [0.29, 0.717) is 6.04 Å². The van der Waals surface area contributed by atoms with Crippen molar-refractivity contribution in [1.82, 2.24) is 4.90 Å². The lowest BCUT2D eigenvalue weighted by Gasteiger charge is -2.33. The van der Waals surface area contributed by atoms with Gasteiger partial charge in [-0.15, -0.1) is 0 Å². The molecule has 0 bridgehead atoms. The molecule has 28 heavy (non-hydrogen) atoms. The van der Waals surface area contributed by atoms with Crippen molar-refractivity contribution >= 4 is 29.3 Å². The Balaban J connectivity index is 1.67. The molecule has 5 heteroatoms. The molecule has 1 unspecified atom stereocenters. The SMILES string of the molecule is CC1CCCCN1C(=O)c1ccc2c(B3OC(C)(C)C(C)(C)O3)cccc2c1. The normalized spacial score (nSPS) is 24.0. The molecular formula is C23H30BNO3. The molecule has 2 aliphatic heterocycles. The topological polar surface area (TPSA) is 38.8 Å². The summed E-state index contributed by atoms with van der Waals surface area (Å²) in [5.41, 5.74) is 1.02. The lowest BCUT2D eigenvalue weighted by molar-refractivity contribution is 0.00578. The van der Waals surface area contributed by atoms with Crippen LogP contribution in [0.2, 0.25) is 0 Å². The lowest BCUT2D eigenvalue weighted by atomic mass is 9.76. The summed E-state index contributed by atoms with van der Waals surface area (Å²) in [7, 11) is -0.405. The zero-order valence-electron chi connectivity index (χ0n) is 17.6. The van der Waals surface area contributed by atoms with E-state index in [0.717, 1.165) is 41.2 Å². The fraction of sp³-hybridized carbons (Fsp3) is 0.522. The maximum Gasteiger partial charge on any atom is 0.495 e. The number of likely N-dealkylation sites (tertiary alicyclic amines) is 1. The quantitative estimate of drug-likeness (QED) is 0.736. The molecule has 2 fully saturated rings. The number of carbonyl (C=O) groups excluding carboxylic acids is 1. The summed E-state index contributed by atoms with van der Waals surface area (Å²) >= 11 is 0. The summed E-state index contributed by atoms with van der Waals surface area (Å²) in [4.78, 5) is 15.1. The van der Waals surface area contributed by atoms with Crippen LogP contribution in [0.25, 0.3) is 10.8 Å². The Morgan fingerprint density at radius 2 is 1.79 bits per heavy atom. The van der Waals surface area contributed by atoms with Gasteiger partial charge in [0.1, 0.15) is 0 Å². The molecule has 0 aliphatic carbocycles. The minimum Gasteiger partial charge on any atom is -0.399 e. The molecular weight excluding hydrogens is 349 g/mol. The van der Waals surface area contributed by atoms with Crippen molar-refractivity contribution in [1.29, 1.82) is 0 Å². The summed E-state index contributed by atoms with van der Waals surface area (Å²) in [6.45, 7) is 11.3. The van der Waals surface area contributed by atoms with Gasteiger partial charge in [0.25, 0.3) is 5.91 Å². The third-order valence-corrected chi connectivity index (χ3v) is 6.73. The third kappa shape index (κ3) is 3.25. The summed E-state index contributed by atoms with van der Waals surface area (Å²) in [6, 6.07) is 12.4. The van der Waals surface area contributed by atoms with Crippen LogP contribution in [0.15, 0.2) is 36.4 Å². The molecule has 4 nitrogen and oxygen atoms in total. The number of hydrogen-bond donors (Lipinski definition) is 0. The zero-order chi connectivity index (χ0) is 20.1. The van der Waals surface area contributed by atoms with Crippen molar-refractivity contribution in [2.45, 2.75) is 71.1 Å². The third-order valence-electron chi connectivity index (χ3n) is 6.73. The van der Waals surface area contributed by atoms with Gasteiger partial charge in [-0.1, -0.05) is 24.3 Å². The van der Waals surface area contributed by atoms with Crippen molar-refractivity contribution in [2.75, 3.05) is 6.54 Å². The van der Waals surface area contributed by atoms with Gasteiger partial charge in [0, 0.05) is 18.2 Å². The van der Waals surface area contributed by atoms with E-state index in [4.69, 9.17) is 9.31 Å². The van der Waals surface area contributed by atoms with Crippen LogP contribution in [0, 0.1) is 0 Å². The van der Waals surface area contributed by atoms with E-state index >= 15 is 0 Å². The van der Waals surface area contributed by atoms with Gasteiger partial charge in [0.05, 0.1) is 11.2 Å². The Hall–Kier alpha value is -1.85. The van der Waals surface area contributed by atoms with E-state index in [1.807, 2.05) is 29.2 Å². The first-order chi connectivity index (χ1) is 13.2. The van der Waals surface area contributed by atoms with Crippen LogP contribution in [-0.2, 0) is 9.31 Å². The van der Waals surface area contributed by atoms with Crippen molar-refractivity contribution in [2.24, 2.45) is 0 Å². The van der Waals surface area contributed by atoms with Gasteiger partial charge in [0.15, 0.2) is 0 Å². The van der Waals surface area contributed by atoms with E-state index in [2.05, 4.69) is 46.8 Å². The highest BCUT2D eigenvalue weighted by atomic mass is 16.7. The predicted octanol–water partition coefficient (Wildman–Crippen LogP) is 4.15. The molecule has 2 aromatic carbocycles. The Morgan fingerprint density at radius 3 is 2.46 bits per heavy atom. The second-order valence-corrected chi connectivity index (χ2v) is 9.21. The number of benzene rings is 2. The van der Waals surface area contributed by atoms with E-state index in [-0.39, 0.29) is 17.1 Å². The second-order valence-electron chi connectivity index (χ2n) is 9.21. The molecule has 0 N–H and O–H groups in total. The van der Waals surface area contributed by atoms with Crippen LogP contribution in [-0.4, -0.2) is 41.7 Å².